The highest BCUT2D eigenvalue weighted by atomic mass is 19.1. The van der Waals surface area contributed by atoms with Crippen LogP contribution in [0.4, 0.5) is 4.39 Å². The molecule has 1 aliphatic heterocycles. The van der Waals surface area contributed by atoms with Crippen molar-refractivity contribution in [3.8, 4) is 0 Å². The number of nitrogens with zero attached hydrogens (tertiary/aromatic N) is 1. The van der Waals surface area contributed by atoms with E-state index in [4.69, 9.17) is 0 Å². The van der Waals surface area contributed by atoms with Gasteiger partial charge in [-0.2, -0.15) is 0 Å². The van der Waals surface area contributed by atoms with Crippen molar-refractivity contribution in [2.75, 3.05) is 26.7 Å². The van der Waals surface area contributed by atoms with Crippen LogP contribution < -0.4 is 5.32 Å². The van der Waals surface area contributed by atoms with Gasteiger partial charge >= 0.3 is 0 Å². The summed E-state index contributed by atoms with van der Waals surface area (Å²) in [5.74, 6) is -0.101. The van der Waals surface area contributed by atoms with Crippen molar-refractivity contribution < 1.29 is 4.39 Å². The molecule has 1 aromatic carbocycles. The molecule has 0 radical (unpaired) electrons. The Morgan fingerprint density at radius 3 is 2.63 bits per heavy atom. The van der Waals surface area contributed by atoms with Gasteiger partial charge in [-0.3, -0.25) is 0 Å². The van der Waals surface area contributed by atoms with Crippen molar-refractivity contribution in [1.29, 1.82) is 0 Å². The average molecular weight is 264 g/mol. The maximum absolute atomic E-state index is 13.6. The van der Waals surface area contributed by atoms with Gasteiger partial charge in [0, 0.05) is 6.04 Å². The first kappa shape index (κ1) is 14.5. The second kappa shape index (κ2) is 7.01. The first-order valence-corrected chi connectivity index (χ1v) is 7.36. The molecule has 0 bridgehead atoms. The molecule has 1 saturated heterocycles. The van der Waals surface area contributed by atoms with E-state index in [2.05, 4.69) is 10.2 Å². The second-order valence-electron chi connectivity index (χ2n) is 5.54. The summed E-state index contributed by atoms with van der Waals surface area (Å²) in [5, 5.41) is 3.31. The summed E-state index contributed by atoms with van der Waals surface area (Å²) in [7, 11) is 1.96. The van der Waals surface area contributed by atoms with Gasteiger partial charge in [0.25, 0.3) is 0 Å². The van der Waals surface area contributed by atoms with Gasteiger partial charge in [-0.1, -0.05) is 18.6 Å². The average Bonchev–Trinajstić information content (AvgIpc) is 2.44. The summed E-state index contributed by atoms with van der Waals surface area (Å²) in [6, 6.07) is 5.83. The normalized spacial score (nSPS) is 18.5. The van der Waals surface area contributed by atoms with Crippen molar-refractivity contribution in [3.05, 3.63) is 35.1 Å². The molecule has 0 aromatic heterocycles. The summed E-state index contributed by atoms with van der Waals surface area (Å²) in [6.45, 7) is 5.35. The summed E-state index contributed by atoms with van der Waals surface area (Å²) >= 11 is 0. The fourth-order valence-corrected chi connectivity index (χ4v) is 2.80. The molecule has 1 heterocycles. The van der Waals surface area contributed by atoms with E-state index < -0.39 is 0 Å². The molecular formula is C16H25FN2. The van der Waals surface area contributed by atoms with E-state index in [-0.39, 0.29) is 11.9 Å². The minimum atomic E-state index is -0.101. The zero-order chi connectivity index (χ0) is 13.7. The first-order valence-electron chi connectivity index (χ1n) is 7.36. The highest BCUT2D eigenvalue weighted by Gasteiger charge is 2.15. The van der Waals surface area contributed by atoms with Gasteiger partial charge in [0.15, 0.2) is 0 Å². The second-order valence-corrected chi connectivity index (χ2v) is 5.54. The smallest absolute Gasteiger partial charge is 0.126 e. The molecule has 0 saturated carbocycles. The zero-order valence-electron chi connectivity index (χ0n) is 12.1. The number of aryl methyl sites for hydroxylation is 1. The van der Waals surface area contributed by atoms with Crippen LogP contribution in [0.5, 0.6) is 0 Å². The van der Waals surface area contributed by atoms with Crippen LogP contribution >= 0.6 is 0 Å². The molecule has 0 amide bonds. The van der Waals surface area contributed by atoms with Crippen molar-refractivity contribution in [2.45, 2.75) is 38.6 Å². The molecule has 1 aromatic rings. The Kier molecular flexibility index (Phi) is 5.34. The number of nitrogens with one attached hydrogen (secondary N) is 1. The third kappa shape index (κ3) is 4.02. The van der Waals surface area contributed by atoms with E-state index in [1.165, 1.54) is 32.4 Å². The summed E-state index contributed by atoms with van der Waals surface area (Å²) in [6.07, 6.45) is 5.06. The van der Waals surface area contributed by atoms with Crippen LogP contribution in [-0.4, -0.2) is 31.6 Å². The molecule has 1 fully saturated rings. The minimum absolute atomic E-state index is 0.101. The third-order valence-corrected chi connectivity index (χ3v) is 4.13. The van der Waals surface area contributed by atoms with Crippen molar-refractivity contribution >= 4 is 0 Å². The number of halogens is 1. The summed E-state index contributed by atoms with van der Waals surface area (Å²) in [5.41, 5.74) is 1.78. The zero-order valence-corrected chi connectivity index (χ0v) is 12.1. The Labute approximate surface area is 116 Å². The largest absolute Gasteiger partial charge is 0.313 e. The van der Waals surface area contributed by atoms with E-state index >= 15 is 0 Å². The van der Waals surface area contributed by atoms with Gasteiger partial charge < -0.3 is 10.2 Å². The van der Waals surface area contributed by atoms with Crippen molar-refractivity contribution in [3.63, 3.8) is 0 Å². The number of rotatable bonds is 5. The lowest BCUT2D eigenvalue weighted by Gasteiger charge is -2.28. The quantitative estimate of drug-likeness (QED) is 0.878. The van der Waals surface area contributed by atoms with Crippen molar-refractivity contribution in [2.24, 2.45) is 0 Å². The Bertz CT molecular complexity index is 400. The molecule has 2 nitrogen and oxygen atoms in total. The lowest BCUT2D eigenvalue weighted by Crippen LogP contribution is -2.32. The Hall–Kier alpha value is -0.930. The van der Waals surface area contributed by atoms with Crippen LogP contribution in [-0.2, 0) is 0 Å². The number of benzene rings is 1. The Balaban J connectivity index is 1.93. The molecule has 1 unspecified atom stereocenters. The monoisotopic (exact) mass is 264 g/mol. The molecule has 0 aliphatic carbocycles. The first-order chi connectivity index (χ1) is 9.20. The summed E-state index contributed by atoms with van der Waals surface area (Å²) in [4.78, 5) is 2.53. The molecule has 1 aliphatic rings. The molecular weight excluding hydrogens is 239 g/mol. The lowest BCUT2D eigenvalue weighted by molar-refractivity contribution is 0.218. The van der Waals surface area contributed by atoms with Crippen LogP contribution in [0.2, 0.25) is 0 Å². The van der Waals surface area contributed by atoms with Crippen molar-refractivity contribution in [1.82, 2.24) is 10.2 Å². The number of piperidine rings is 1. The molecule has 0 spiro atoms. The van der Waals surface area contributed by atoms with Crippen LogP contribution in [0.1, 0.15) is 42.9 Å². The maximum atomic E-state index is 13.6. The minimum Gasteiger partial charge on any atom is -0.313 e. The van der Waals surface area contributed by atoms with E-state index in [0.717, 1.165) is 24.1 Å². The molecule has 2 rings (SSSR count). The maximum Gasteiger partial charge on any atom is 0.126 e. The SMILES string of the molecule is CNC(CCN1CCCCC1)c1ccc(C)c(F)c1. The van der Waals surface area contributed by atoms with E-state index in [9.17, 15) is 4.39 Å². The van der Waals surface area contributed by atoms with Gasteiger partial charge in [-0.05, 0) is 70.1 Å². The van der Waals surface area contributed by atoms with Gasteiger partial charge in [0.05, 0.1) is 0 Å². The molecule has 1 atom stereocenters. The van der Waals surface area contributed by atoms with Crippen LogP contribution in [0.3, 0.4) is 0 Å². The fourth-order valence-electron chi connectivity index (χ4n) is 2.80. The predicted molar refractivity (Wildman–Crippen MR) is 77.8 cm³/mol. The lowest BCUT2D eigenvalue weighted by atomic mass is 10.0. The van der Waals surface area contributed by atoms with Gasteiger partial charge in [-0.25, -0.2) is 4.39 Å². The van der Waals surface area contributed by atoms with Gasteiger partial charge in [-0.15, -0.1) is 0 Å². The van der Waals surface area contributed by atoms with Crippen LogP contribution in [0, 0.1) is 12.7 Å². The third-order valence-electron chi connectivity index (χ3n) is 4.13. The highest BCUT2D eigenvalue weighted by molar-refractivity contribution is 5.25. The molecule has 106 valence electrons. The van der Waals surface area contributed by atoms with Gasteiger partial charge in [0.1, 0.15) is 5.82 Å². The Morgan fingerprint density at radius 1 is 1.26 bits per heavy atom. The fraction of sp³-hybridized carbons (Fsp3) is 0.625. The van der Waals surface area contributed by atoms with Gasteiger partial charge in [0.2, 0.25) is 0 Å². The van der Waals surface area contributed by atoms with Crippen LogP contribution in [0.25, 0.3) is 0 Å². The molecule has 1 N–H and O–H groups in total. The highest BCUT2D eigenvalue weighted by Crippen LogP contribution is 2.20. The number of hydrogen-bond acceptors (Lipinski definition) is 2. The standard InChI is InChI=1S/C16H25FN2/c1-13-6-7-14(12-15(13)17)16(18-2)8-11-19-9-4-3-5-10-19/h6-7,12,16,18H,3-5,8-11H2,1-2H3. The summed E-state index contributed by atoms with van der Waals surface area (Å²) < 4.78 is 13.6. The predicted octanol–water partition coefficient (Wildman–Crippen LogP) is 3.27. The Morgan fingerprint density at radius 2 is 2.00 bits per heavy atom. The van der Waals surface area contributed by atoms with Crippen LogP contribution in [0.15, 0.2) is 18.2 Å². The van der Waals surface area contributed by atoms with E-state index in [0.29, 0.717) is 0 Å². The van der Waals surface area contributed by atoms with E-state index in [1.54, 1.807) is 13.0 Å². The topological polar surface area (TPSA) is 15.3 Å². The molecule has 19 heavy (non-hydrogen) atoms. The van der Waals surface area contributed by atoms with E-state index in [1.807, 2.05) is 19.2 Å². The number of hydrogen-bond donors (Lipinski definition) is 1. The molecule has 3 heteroatoms. The number of likely N-dealkylation sites (tertiary alicyclic amines) is 1.